The van der Waals surface area contributed by atoms with Crippen LogP contribution in [0.15, 0.2) is 24.3 Å². The first-order chi connectivity index (χ1) is 12.9. The molecule has 7 nitrogen and oxygen atoms in total. The molecule has 0 atom stereocenters. The predicted octanol–water partition coefficient (Wildman–Crippen LogP) is 2.56. The number of nitrogens with one attached hydrogen (secondary N) is 1. The Labute approximate surface area is 160 Å². The van der Waals surface area contributed by atoms with Crippen molar-refractivity contribution in [3.05, 3.63) is 51.4 Å². The van der Waals surface area contributed by atoms with Crippen molar-refractivity contribution in [1.82, 2.24) is 4.90 Å². The lowest BCUT2D eigenvalue weighted by Gasteiger charge is -2.25. The monoisotopic (exact) mass is 383 g/mol. The van der Waals surface area contributed by atoms with E-state index in [0.29, 0.717) is 41.2 Å². The Bertz CT molecular complexity index is 957. The van der Waals surface area contributed by atoms with Gasteiger partial charge in [0.2, 0.25) is 5.91 Å². The standard InChI is InChI=1S/C19H17N3O4S/c1-11(23)22-8-7-14-15(10-22)27-18(16(14)19(25)26-2)21-17(24)13-5-3-12(9-20)4-6-13/h3-6H,7-8,10H2,1-2H3,(H,21,24). The second kappa shape index (κ2) is 7.60. The molecule has 0 fully saturated rings. The molecule has 0 saturated heterocycles. The van der Waals surface area contributed by atoms with Crippen molar-refractivity contribution in [3.63, 3.8) is 0 Å². The molecule has 27 heavy (non-hydrogen) atoms. The molecule has 0 unspecified atom stereocenters. The number of fused-ring (bicyclic) bond motifs is 1. The number of nitrogens with zero attached hydrogens (tertiary/aromatic N) is 2. The van der Waals surface area contributed by atoms with Crippen LogP contribution in [0.2, 0.25) is 0 Å². The fourth-order valence-corrected chi connectivity index (χ4v) is 4.20. The Morgan fingerprint density at radius 3 is 2.56 bits per heavy atom. The van der Waals surface area contributed by atoms with Gasteiger partial charge in [-0.2, -0.15) is 5.26 Å². The summed E-state index contributed by atoms with van der Waals surface area (Å²) in [6.45, 7) is 2.44. The number of rotatable bonds is 3. The summed E-state index contributed by atoms with van der Waals surface area (Å²) in [7, 11) is 1.29. The van der Waals surface area contributed by atoms with Crippen molar-refractivity contribution >= 4 is 34.1 Å². The molecule has 3 rings (SSSR count). The third-order valence-corrected chi connectivity index (χ3v) is 5.53. The van der Waals surface area contributed by atoms with Gasteiger partial charge in [0.1, 0.15) is 5.00 Å². The van der Waals surface area contributed by atoms with E-state index in [-0.39, 0.29) is 11.8 Å². The number of methoxy groups -OCH3 is 1. The molecule has 2 heterocycles. The molecule has 1 aliphatic rings. The largest absolute Gasteiger partial charge is 0.465 e. The van der Waals surface area contributed by atoms with Gasteiger partial charge < -0.3 is 15.0 Å². The van der Waals surface area contributed by atoms with Crippen molar-refractivity contribution in [3.8, 4) is 6.07 Å². The molecule has 1 N–H and O–H groups in total. The van der Waals surface area contributed by atoms with Crippen LogP contribution in [0.25, 0.3) is 0 Å². The Balaban J connectivity index is 1.92. The number of ether oxygens (including phenoxy) is 1. The molecule has 0 spiro atoms. The fraction of sp³-hybridized carbons (Fsp3) is 0.263. The quantitative estimate of drug-likeness (QED) is 0.821. The molecule has 1 aromatic heterocycles. The van der Waals surface area contributed by atoms with Crippen LogP contribution >= 0.6 is 11.3 Å². The van der Waals surface area contributed by atoms with E-state index in [9.17, 15) is 14.4 Å². The second-order valence-corrected chi connectivity index (χ2v) is 7.14. The van der Waals surface area contributed by atoms with Gasteiger partial charge in [-0.1, -0.05) is 0 Å². The normalized spacial score (nSPS) is 12.7. The smallest absolute Gasteiger partial charge is 0.341 e. The molecule has 0 saturated carbocycles. The van der Waals surface area contributed by atoms with Crippen molar-refractivity contribution in [2.75, 3.05) is 19.0 Å². The molecular weight excluding hydrogens is 366 g/mol. The molecule has 8 heteroatoms. The first-order valence-corrected chi connectivity index (χ1v) is 9.06. The van der Waals surface area contributed by atoms with E-state index < -0.39 is 5.97 Å². The van der Waals surface area contributed by atoms with Gasteiger partial charge in [0.25, 0.3) is 5.91 Å². The number of anilines is 1. The van der Waals surface area contributed by atoms with Crippen LogP contribution in [0.3, 0.4) is 0 Å². The van der Waals surface area contributed by atoms with E-state index in [1.54, 1.807) is 29.2 Å². The summed E-state index contributed by atoms with van der Waals surface area (Å²) in [5, 5.41) is 12.0. The van der Waals surface area contributed by atoms with Crippen LogP contribution in [0, 0.1) is 11.3 Å². The first kappa shape index (κ1) is 18.6. The maximum absolute atomic E-state index is 12.6. The minimum Gasteiger partial charge on any atom is -0.465 e. The first-order valence-electron chi connectivity index (χ1n) is 8.24. The molecule has 0 bridgehead atoms. The highest BCUT2D eigenvalue weighted by Crippen LogP contribution is 2.37. The van der Waals surface area contributed by atoms with Gasteiger partial charge in [0.15, 0.2) is 0 Å². The minimum absolute atomic E-state index is 0.0307. The Kier molecular flexibility index (Phi) is 5.23. The molecule has 0 radical (unpaired) electrons. The number of nitriles is 1. The van der Waals surface area contributed by atoms with Crippen LogP contribution in [-0.2, 0) is 22.5 Å². The third kappa shape index (κ3) is 3.68. The topological polar surface area (TPSA) is 99.5 Å². The number of amides is 2. The zero-order valence-electron chi connectivity index (χ0n) is 14.9. The Morgan fingerprint density at radius 2 is 1.96 bits per heavy atom. The van der Waals surface area contributed by atoms with Gasteiger partial charge in [0, 0.05) is 23.9 Å². The summed E-state index contributed by atoms with van der Waals surface area (Å²) in [5.74, 6) is -0.928. The summed E-state index contributed by atoms with van der Waals surface area (Å²) in [6, 6.07) is 8.21. The average molecular weight is 383 g/mol. The lowest BCUT2D eigenvalue weighted by molar-refractivity contribution is -0.129. The van der Waals surface area contributed by atoms with Crippen LogP contribution in [0.5, 0.6) is 0 Å². The predicted molar refractivity (Wildman–Crippen MR) is 99.6 cm³/mol. The summed E-state index contributed by atoms with van der Waals surface area (Å²) in [4.78, 5) is 39.1. The third-order valence-electron chi connectivity index (χ3n) is 4.39. The maximum Gasteiger partial charge on any atom is 0.341 e. The van der Waals surface area contributed by atoms with Crippen molar-refractivity contribution in [1.29, 1.82) is 5.26 Å². The minimum atomic E-state index is -0.515. The Morgan fingerprint density at radius 1 is 1.26 bits per heavy atom. The SMILES string of the molecule is COC(=O)c1c(NC(=O)c2ccc(C#N)cc2)sc2c1CCN(C(C)=O)C2. The lowest BCUT2D eigenvalue weighted by atomic mass is 10.0. The summed E-state index contributed by atoms with van der Waals surface area (Å²) in [6.07, 6.45) is 0.530. The van der Waals surface area contributed by atoms with Gasteiger partial charge in [-0.3, -0.25) is 9.59 Å². The molecular formula is C19H17N3O4S. The number of thiophene rings is 1. The van der Waals surface area contributed by atoms with E-state index >= 15 is 0 Å². The van der Waals surface area contributed by atoms with Crippen LogP contribution in [0.4, 0.5) is 5.00 Å². The molecule has 0 aliphatic carbocycles. The number of carbonyl (C=O) groups is 3. The highest BCUT2D eigenvalue weighted by Gasteiger charge is 2.30. The van der Waals surface area contributed by atoms with E-state index in [4.69, 9.17) is 10.00 Å². The fourth-order valence-electron chi connectivity index (χ4n) is 2.95. The summed E-state index contributed by atoms with van der Waals surface area (Å²) < 4.78 is 4.89. The zero-order chi connectivity index (χ0) is 19.6. The van der Waals surface area contributed by atoms with E-state index in [2.05, 4.69) is 5.32 Å². The Hall–Kier alpha value is -3.18. The van der Waals surface area contributed by atoms with Gasteiger partial charge in [-0.25, -0.2) is 4.79 Å². The van der Waals surface area contributed by atoms with Crippen LogP contribution in [-0.4, -0.2) is 36.3 Å². The lowest BCUT2D eigenvalue weighted by Crippen LogP contribution is -2.33. The molecule has 1 aliphatic heterocycles. The highest BCUT2D eigenvalue weighted by atomic mass is 32.1. The number of benzene rings is 1. The number of hydrogen-bond acceptors (Lipinski definition) is 6. The van der Waals surface area contributed by atoms with E-state index in [0.717, 1.165) is 10.4 Å². The van der Waals surface area contributed by atoms with Crippen molar-refractivity contribution < 1.29 is 19.1 Å². The van der Waals surface area contributed by atoms with Crippen molar-refractivity contribution in [2.45, 2.75) is 19.9 Å². The molecule has 2 amide bonds. The van der Waals surface area contributed by atoms with E-state index in [1.165, 1.54) is 25.4 Å². The van der Waals surface area contributed by atoms with Gasteiger partial charge in [0.05, 0.1) is 30.9 Å². The molecule has 138 valence electrons. The molecule has 2 aromatic rings. The van der Waals surface area contributed by atoms with Crippen LogP contribution < -0.4 is 5.32 Å². The maximum atomic E-state index is 12.6. The van der Waals surface area contributed by atoms with Gasteiger partial charge in [-0.05, 0) is 36.2 Å². The zero-order valence-corrected chi connectivity index (χ0v) is 15.7. The van der Waals surface area contributed by atoms with Gasteiger partial charge in [-0.15, -0.1) is 11.3 Å². The summed E-state index contributed by atoms with van der Waals surface area (Å²) in [5.41, 5.74) is 2.00. The van der Waals surface area contributed by atoms with Gasteiger partial charge >= 0.3 is 5.97 Å². The van der Waals surface area contributed by atoms with E-state index in [1.807, 2.05) is 6.07 Å². The summed E-state index contributed by atoms with van der Waals surface area (Å²) >= 11 is 1.28. The highest BCUT2D eigenvalue weighted by molar-refractivity contribution is 7.17. The number of esters is 1. The average Bonchev–Trinajstić information content (AvgIpc) is 3.04. The van der Waals surface area contributed by atoms with Crippen molar-refractivity contribution in [2.24, 2.45) is 0 Å². The molecule has 1 aromatic carbocycles. The van der Waals surface area contributed by atoms with Crippen LogP contribution in [0.1, 0.15) is 43.6 Å². The number of carbonyl (C=O) groups excluding carboxylic acids is 3. The second-order valence-electron chi connectivity index (χ2n) is 6.03. The number of hydrogen-bond donors (Lipinski definition) is 1.